The molecule has 7 nitrogen and oxygen atoms in total. The highest BCUT2D eigenvalue weighted by molar-refractivity contribution is 9.10. The van der Waals surface area contributed by atoms with Gasteiger partial charge in [0.15, 0.2) is 11.4 Å². The molecule has 0 unspecified atom stereocenters. The first-order valence-corrected chi connectivity index (χ1v) is 10.8. The maximum Gasteiger partial charge on any atom is 0.274 e. The number of halogens is 2. The third kappa shape index (κ3) is 4.26. The fraction of sp³-hybridized carbons (Fsp3) is 0.217. The first-order chi connectivity index (χ1) is 15.4. The van der Waals surface area contributed by atoms with Crippen LogP contribution in [0.25, 0.3) is 0 Å². The Bertz CT molecular complexity index is 1150. The molecule has 166 valence electrons. The largest absolute Gasteiger partial charge is 0.486 e. The van der Waals surface area contributed by atoms with Crippen molar-refractivity contribution in [1.82, 2.24) is 14.5 Å². The molecule has 0 atom stereocenters. The number of likely N-dealkylation sites (N-methyl/N-ethyl adjacent to an activating group) is 1. The van der Waals surface area contributed by atoms with Crippen LogP contribution >= 0.6 is 15.9 Å². The molecule has 2 aromatic carbocycles. The fourth-order valence-electron chi connectivity index (χ4n) is 3.58. The molecular formula is C23H22BrFN4O3. The molecule has 0 spiro atoms. The number of hydrazine groups is 1. The molecule has 32 heavy (non-hydrogen) atoms. The zero-order valence-corrected chi connectivity index (χ0v) is 19.0. The highest BCUT2D eigenvalue weighted by Gasteiger charge is 2.36. The summed E-state index contributed by atoms with van der Waals surface area (Å²) in [6.07, 6.45) is 0. The Kier molecular flexibility index (Phi) is 6.29. The highest BCUT2D eigenvalue weighted by atomic mass is 79.9. The van der Waals surface area contributed by atoms with Gasteiger partial charge in [0.2, 0.25) is 0 Å². The van der Waals surface area contributed by atoms with Gasteiger partial charge in [-0.25, -0.2) is 10.2 Å². The summed E-state index contributed by atoms with van der Waals surface area (Å²) >= 11 is 3.49. The third-order valence-electron chi connectivity index (χ3n) is 5.33. The van der Waals surface area contributed by atoms with Crippen LogP contribution in [0.2, 0.25) is 0 Å². The molecule has 0 radical (unpaired) electrons. The summed E-state index contributed by atoms with van der Waals surface area (Å²) in [5.74, 6) is 5.17. The number of nitrogens with two attached hydrogens (primary N) is 1. The molecule has 2 amide bonds. The SMILES string of the molecule is CN1CCn2c(Br)c(C(=O)N(N)Cc3ccc(F)cc3)c(OCc3ccccc3)c2C1=O. The van der Waals surface area contributed by atoms with Crippen molar-refractivity contribution < 1.29 is 18.7 Å². The Morgan fingerprint density at radius 3 is 2.50 bits per heavy atom. The lowest BCUT2D eigenvalue weighted by Gasteiger charge is -2.25. The van der Waals surface area contributed by atoms with Crippen LogP contribution in [0, 0.1) is 5.82 Å². The minimum Gasteiger partial charge on any atom is -0.486 e. The molecule has 1 aliphatic rings. The lowest BCUT2D eigenvalue weighted by molar-refractivity contribution is 0.0737. The van der Waals surface area contributed by atoms with E-state index in [0.29, 0.717) is 29.0 Å². The number of aromatic nitrogens is 1. The average molecular weight is 501 g/mol. The number of amides is 2. The summed E-state index contributed by atoms with van der Waals surface area (Å²) in [4.78, 5) is 27.9. The maximum absolute atomic E-state index is 13.4. The first kappa shape index (κ1) is 22.0. The molecule has 0 saturated heterocycles. The Labute approximate surface area is 193 Å². The minimum absolute atomic E-state index is 0.0675. The van der Waals surface area contributed by atoms with Gasteiger partial charge in [-0.1, -0.05) is 42.5 Å². The van der Waals surface area contributed by atoms with E-state index in [0.717, 1.165) is 10.6 Å². The molecule has 0 bridgehead atoms. The number of fused-ring (bicyclic) bond motifs is 1. The van der Waals surface area contributed by atoms with Gasteiger partial charge in [0.05, 0.1) is 6.54 Å². The molecule has 3 aromatic rings. The van der Waals surface area contributed by atoms with E-state index in [-0.39, 0.29) is 36.2 Å². The van der Waals surface area contributed by atoms with Crippen molar-refractivity contribution in [3.8, 4) is 5.75 Å². The molecule has 0 saturated carbocycles. The number of hydrogen-bond donors (Lipinski definition) is 1. The van der Waals surface area contributed by atoms with Gasteiger partial charge in [0.25, 0.3) is 11.8 Å². The fourth-order valence-corrected chi connectivity index (χ4v) is 4.28. The number of hydrogen-bond acceptors (Lipinski definition) is 4. The van der Waals surface area contributed by atoms with Crippen molar-refractivity contribution in [2.24, 2.45) is 5.84 Å². The predicted octanol–water partition coefficient (Wildman–Crippen LogP) is 3.57. The predicted molar refractivity (Wildman–Crippen MR) is 120 cm³/mol. The Balaban J connectivity index is 1.69. The van der Waals surface area contributed by atoms with Crippen molar-refractivity contribution in [3.05, 3.63) is 87.4 Å². The van der Waals surface area contributed by atoms with E-state index < -0.39 is 5.91 Å². The molecule has 0 fully saturated rings. The van der Waals surface area contributed by atoms with Gasteiger partial charge in [0.1, 0.15) is 22.6 Å². The van der Waals surface area contributed by atoms with Gasteiger partial charge in [-0.05, 0) is 39.2 Å². The third-order valence-corrected chi connectivity index (χ3v) is 6.16. The molecule has 1 aliphatic heterocycles. The van der Waals surface area contributed by atoms with E-state index in [1.807, 2.05) is 30.3 Å². The molecule has 9 heteroatoms. The topological polar surface area (TPSA) is 80.8 Å². The second kappa shape index (κ2) is 9.13. The highest BCUT2D eigenvalue weighted by Crippen LogP contribution is 2.38. The van der Waals surface area contributed by atoms with Crippen LogP contribution in [-0.2, 0) is 19.7 Å². The Morgan fingerprint density at radius 2 is 1.81 bits per heavy atom. The van der Waals surface area contributed by atoms with Crippen molar-refractivity contribution in [2.75, 3.05) is 13.6 Å². The summed E-state index contributed by atoms with van der Waals surface area (Å²) in [5, 5.41) is 1.03. The number of carbonyl (C=O) groups excluding carboxylic acids is 2. The van der Waals surface area contributed by atoms with Gasteiger partial charge >= 0.3 is 0 Å². The van der Waals surface area contributed by atoms with Gasteiger partial charge < -0.3 is 14.2 Å². The van der Waals surface area contributed by atoms with E-state index in [1.54, 1.807) is 28.6 Å². The maximum atomic E-state index is 13.4. The van der Waals surface area contributed by atoms with Crippen LogP contribution < -0.4 is 10.6 Å². The van der Waals surface area contributed by atoms with Crippen LogP contribution in [0.3, 0.4) is 0 Å². The van der Waals surface area contributed by atoms with E-state index in [4.69, 9.17) is 10.6 Å². The van der Waals surface area contributed by atoms with Crippen LogP contribution in [0.4, 0.5) is 4.39 Å². The van der Waals surface area contributed by atoms with Crippen molar-refractivity contribution in [2.45, 2.75) is 19.7 Å². The van der Waals surface area contributed by atoms with Gasteiger partial charge in [-0.15, -0.1) is 0 Å². The molecular weight excluding hydrogens is 479 g/mol. The molecule has 2 N–H and O–H groups in total. The zero-order chi connectivity index (χ0) is 22.8. The van der Waals surface area contributed by atoms with E-state index in [2.05, 4.69) is 15.9 Å². The van der Waals surface area contributed by atoms with Crippen molar-refractivity contribution in [1.29, 1.82) is 0 Å². The van der Waals surface area contributed by atoms with Crippen molar-refractivity contribution in [3.63, 3.8) is 0 Å². The Morgan fingerprint density at radius 1 is 1.12 bits per heavy atom. The van der Waals surface area contributed by atoms with Crippen LogP contribution in [-0.4, -0.2) is 39.9 Å². The van der Waals surface area contributed by atoms with Crippen molar-refractivity contribution >= 4 is 27.7 Å². The summed E-state index contributed by atoms with van der Waals surface area (Å²) in [6, 6.07) is 15.2. The summed E-state index contributed by atoms with van der Waals surface area (Å²) < 4.78 is 21.4. The van der Waals surface area contributed by atoms with Crippen LogP contribution in [0.1, 0.15) is 32.0 Å². The van der Waals surface area contributed by atoms with Crippen LogP contribution in [0.15, 0.2) is 59.2 Å². The van der Waals surface area contributed by atoms with Gasteiger partial charge in [-0.2, -0.15) is 0 Å². The van der Waals surface area contributed by atoms with Crippen LogP contribution in [0.5, 0.6) is 5.75 Å². The lowest BCUT2D eigenvalue weighted by atomic mass is 10.2. The van der Waals surface area contributed by atoms with Gasteiger partial charge in [-0.3, -0.25) is 14.6 Å². The molecule has 4 rings (SSSR count). The number of ether oxygens (including phenoxy) is 1. The number of carbonyl (C=O) groups is 2. The summed E-state index contributed by atoms with van der Waals surface area (Å²) in [7, 11) is 1.71. The zero-order valence-electron chi connectivity index (χ0n) is 17.4. The van der Waals surface area contributed by atoms with E-state index in [1.165, 1.54) is 12.1 Å². The quantitative estimate of drug-likeness (QED) is 0.318. The smallest absolute Gasteiger partial charge is 0.274 e. The average Bonchev–Trinajstić information content (AvgIpc) is 3.08. The second-order valence-electron chi connectivity index (χ2n) is 7.56. The van der Waals surface area contributed by atoms with Gasteiger partial charge in [0, 0.05) is 20.1 Å². The second-order valence-corrected chi connectivity index (χ2v) is 8.31. The number of nitrogens with zero attached hydrogens (tertiary/aromatic N) is 3. The normalized spacial score (nSPS) is 13.1. The Hall–Kier alpha value is -3.17. The first-order valence-electron chi connectivity index (χ1n) is 10.0. The number of benzene rings is 2. The summed E-state index contributed by atoms with van der Waals surface area (Å²) in [6.45, 7) is 1.27. The molecule has 2 heterocycles. The van der Waals surface area contributed by atoms with E-state index >= 15 is 0 Å². The monoisotopic (exact) mass is 500 g/mol. The molecule has 1 aromatic heterocycles. The minimum atomic E-state index is -0.512. The summed E-state index contributed by atoms with van der Waals surface area (Å²) in [5.41, 5.74) is 2.06. The van der Waals surface area contributed by atoms with E-state index in [9.17, 15) is 14.0 Å². The molecule has 0 aliphatic carbocycles. The lowest BCUT2D eigenvalue weighted by Crippen LogP contribution is -2.37. The number of rotatable bonds is 6. The standard InChI is InChI=1S/C23H22BrFN4O3/c1-27-11-12-28-19(23(27)31)20(32-14-16-5-3-2-4-6-16)18(21(28)24)22(30)29(26)13-15-7-9-17(25)10-8-15/h2-10H,11-14,26H2,1H3.